The predicted octanol–water partition coefficient (Wildman–Crippen LogP) is 2.88. The smallest absolute Gasteiger partial charge is 0.410 e. The van der Waals surface area contributed by atoms with Gasteiger partial charge in [0.1, 0.15) is 5.60 Å². The van der Waals surface area contributed by atoms with Crippen LogP contribution in [0, 0.1) is 0 Å². The fraction of sp³-hybridized carbons (Fsp3) is 0.923. The molecule has 0 aromatic carbocycles. The molecule has 4 nitrogen and oxygen atoms in total. The molecule has 0 aliphatic carbocycles. The Kier molecular flexibility index (Phi) is 5.29. The Bertz CT molecular complexity index is 339. The van der Waals surface area contributed by atoms with Gasteiger partial charge in [-0.3, -0.25) is 0 Å². The molecule has 20 heavy (non-hydrogen) atoms. The standard InChI is InChI=1S/C13H23F3N2O2/c1-12(2,3)20-11(19)17(4)10-5-7-18(9-10)8-6-13(14,15)16/h10H,5-9H2,1-4H3. The van der Waals surface area contributed by atoms with Crippen molar-refractivity contribution in [1.29, 1.82) is 0 Å². The quantitative estimate of drug-likeness (QED) is 0.803. The van der Waals surface area contributed by atoms with Crippen molar-refractivity contribution >= 4 is 6.09 Å². The first kappa shape index (κ1) is 17.1. The maximum Gasteiger partial charge on any atom is 0.410 e. The summed E-state index contributed by atoms with van der Waals surface area (Å²) in [7, 11) is 1.63. The normalized spacial score (nSPS) is 21.1. The lowest BCUT2D eigenvalue weighted by Gasteiger charge is -2.28. The van der Waals surface area contributed by atoms with Crippen molar-refractivity contribution in [2.24, 2.45) is 0 Å². The van der Waals surface area contributed by atoms with E-state index in [4.69, 9.17) is 4.74 Å². The van der Waals surface area contributed by atoms with Gasteiger partial charge in [0, 0.05) is 32.7 Å². The van der Waals surface area contributed by atoms with E-state index in [1.165, 1.54) is 4.90 Å². The van der Waals surface area contributed by atoms with Gasteiger partial charge in [-0.1, -0.05) is 0 Å². The first-order chi connectivity index (χ1) is 8.98. The Hall–Kier alpha value is -0.980. The van der Waals surface area contributed by atoms with Crippen molar-refractivity contribution in [3.63, 3.8) is 0 Å². The summed E-state index contributed by atoms with van der Waals surface area (Å²) in [4.78, 5) is 15.1. The number of halogens is 3. The minimum absolute atomic E-state index is 0.0117. The third-order valence-electron chi connectivity index (χ3n) is 3.19. The van der Waals surface area contributed by atoms with Crippen LogP contribution in [-0.2, 0) is 4.74 Å². The summed E-state index contributed by atoms with van der Waals surface area (Å²) in [6.07, 6.45) is -4.70. The van der Waals surface area contributed by atoms with Gasteiger partial charge in [-0.2, -0.15) is 13.2 Å². The highest BCUT2D eigenvalue weighted by molar-refractivity contribution is 5.68. The van der Waals surface area contributed by atoms with Gasteiger partial charge in [-0.25, -0.2) is 4.79 Å². The number of alkyl halides is 3. The van der Waals surface area contributed by atoms with Gasteiger partial charge in [0.2, 0.25) is 0 Å². The molecular weight excluding hydrogens is 273 g/mol. The summed E-state index contributed by atoms with van der Waals surface area (Å²) in [5.41, 5.74) is -0.570. The number of likely N-dealkylation sites (N-methyl/N-ethyl adjacent to an activating group) is 1. The van der Waals surface area contributed by atoms with E-state index in [0.717, 1.165) is 0 Å². The van der Waals surface area contributed by atoms with Crippen LogP contribution in [0.2, 0.25) is 0 Å². The molecule has 118 valence electrons. The molecular formula is C13H23F3N2O2. The van der Waals surface area contributed by atoms with Crippen molar-refractivity contribution in [3.05, 3.63) is 0 Å². The number of ether oxygens (including phenoxy) is 1. The summed E-state index contributed by atoms with van der Waals surface area (Å²) in [6.45, 7) is 6.37. The largest absolute Gasteiger partial charge is 0.444 e. The fourth-order valence-electron chi connectivity index (χ4n) is 2.10. The van der Waals surface area contributed by atoms with Crippen LogP contribution in [0.15, 0.2) is 0 Å². The summed E-state index contributed by atoms with van der Waals surface area (Å²) >= 11 is 0. The highest BCUT2D eigenvalue weighted by atomic mass is 19.4. The zero-order chi connectivity index (χ0) is 15.6. The maximum atomic E-state index is 12.2. The van der Waals surface area contributed by atoms with Crippen LogP contribution in [0.25, 0.3) is 0 Å². The van der Waals surface area contributed by atoms with Crippen molar-refractivity contribution in [2.45, 2.75) is 51.4 Å². The number of amides is 1. The lowest BCUT2D eigenvalue weighted by molar-refractivity contribution is -0.137. The third kappa shape index (κ3) is 5.98. The van der Waals surface area contributed by atoms with Crippen molar-refractivity contribution in [2.75, 3.05) is 26.7 Å². The average molecular weight is 296 g/mol. The van der Waals surface area contributed by atoms with Crippen LogP contribution >= 0.6 is 0 Å². The van der Waals surface area contributed by atoms with Gasteiger partial charge in [0.25, 0.3) is 0 Å². The van der Waals surface area contributed by atoms with E-state index in [1.54, 1.807) is 32.7 Å². The molecule has 1 aliphatic heterocycles. The molecule has 1 saturated heterocycles. The number of nitrogens with zero attached hydrogens (tertiary/aromatic N) is 2. The third-order valence-corrected chi connectivity index (χ3v) is 3.19. The van der Waals surface area contributed by atoms with Crippen molar-refractivity contribution in [3.8, 4) is 0 Å². The lowest BCUT2D eigenvalue weighted by Crippen LogP contribution is -2.42. The summed E-state index contributed by atoms with van der Waals surface area (Å²) in [5.74, 6) is 0. The monoisotopic (exact) mass is 296 g/mol. The van der Waals surface area contributed by atoms with E-state index in [0.29, 0.717) is 19.5 Å². The molecule has 1 rings (SSSR count). The Morgan fingerprint density at radius 3 is 2.45 bits per heavy atom. The van der Waals surface area contributed by atoms with Gasteiger partial charge >= 0.3 is 12.3 Å². The lowest BCUT2D eigenvalue weighted by atomic mass is 10.2. The predicted molar refractivity (Wildman–Crippen MR) is 69.5 cm³/mol. The van der Waals surface area contributed by atoms with E-state index in [-0.39, 0.29) is 12.6 Å². The van der Waals surface area contributed by atoms with E-state index in [1.807, 2.05) is 0 Å². The molecule has 0 bridgehead atoms. The van der Waals surface area contributed by atoms with Gasteiger partial charge < -0.3 is 14.5 Å². The zero-order valence-electron chi connectivity index (χ0n) is 12.5. The molecule has 1 heterocycles. The van der Waals surface area contributed by atoms with Gasteiger partial charge in [-0.05, 0) is 27.2 Å². The Labute approximate surface area is 117 Å². The van der Waals surface area contributed by atoms with E-state index in [9.17, 15) is 18.0 Å². The molecule has 1 aliphatic rings. The van der Waals surface area contributed by atoms with Gasteiger partial charge in [-0.15, -0.1) is 0 Å². The molecule has 1 amide bonds. The van der Waals surface area contributed by atoms with Crippen LogP contribution in [0.1, 0.15) is 33.6 Å². The minimum Gasteiger partial charge on any atom is -0.444 e. The number of rotatable bonds is 3. The topological polar surface area (TPSA) is 32.8 Å². The van der Waals surface area contributed by atoms with E-state index in [2.05, 4.69) is 0 Å². The first-order valence-electron chi connectivity index (χ1n) is 6.73. The van der Waals surface area contributed by atoms with E-state index < -0.39 is 24.3 Å². The fourth-order valence-corrected chi connectivity index (χ4v) is 2.10. The number of carbonyl (C=O) groups excluding carboxylic acids is 1. The second-order valence-electron chi connectivity index (χ2n) is 6.20. The summed E-state index contributed by atoms with van der Waals surface area (Å²) < 4.78 is 41.8. The summed E-state index contributed by atoms with van der Waals surface area (Å²) in [6, 6.07) is -0.0851. The molecule has 0 spiro atoms. The molecule has 1 atom stereocenters. The highest BCUT2D eigenvalue weighted by Crippen LogP contribution is 2.23. The molecule has 0 aromatic heterocycles. The highest BCUT2D eigenvalue weighted by Gasteiger charge is 2.33. The maximum absolute atomic E-state index is 12.2. The average Bonchev–Trinajstić information content (AvgIpc) is 2.70. The molecule has 7 heteroatoms. The molecule has 0 radical (unpaired) electrons. The summed E-state index contributed by atoms with van der Waals surface area (Å²) in [5, 5.41) is 0. The van der Waals surface area contributed by atoms with Gasteiger partial charge in [0.05, 0.1) is 6.42 Å². The van der Waals surface area contributed by atoms with Crippen LogP contribution in [0.4, 0.5) is 18.0 Å². The molecule has 0 aromatic rings. The molecule has 0 N–H and O–H groups in total. The second-order valence-corrected chi connectivity index (χ2v) is 6.20. The first-order valence-corrected chi connectivity index (χ1v) is 6.73. The number of likely N-dealkylation sites (tertiary alicyclic amines) is 1. The molecule has 0 saturated carbocycles. The van der Waals surface area contributed by atoms with Crippen LogP contribution in [0.3, 0.4) is 0 Å². The van der Waals surface area contributed by atoms with Crippen molar-refractivity contribution < 1.29 is 22.7 Å². The second kappa shape index (κ2) is 6.20. The SMILES string of the molecule is CN(C(=O)OC(C)(C)C)C1CCN(CCC(F)(F)F)C1. The van der Waals surface area contributed by atoms with Crippen LogP contribution < -0.4 is 0 Å². The molecule has 1 fully saturated rings. The number of hydrogen-bond donors (Lipinski definition) is 0. The van der Waals surface area contributed by atoms with Gasteiger partial charge in [0.15, 0.2) is 0 Å². The van der Waals surface area contributed by atoms with E-state index >= 15 is 0 Å². The number of hydrogen-bond acceptors (Lipinski definition) is 3. The Balaban J connectivity index is 2.41. The number of carbonyl (C=O) groups is 1. The zero-order valence-corrected chi connectivity index (χ0v) is 12.5. The Morgan fingerprint density at radius 2 is 1.95 bits per heavy atom. The van der Waals surface area contributed by atoms with Crippen LogP contribution in [0.5, 0.6) is 0 Å². The van der Waals surface area contributed by atoms with Crippen LogP contribution in [-0.4, -0.2) is 60.4 Å². The van der Waals surface area contributed by atoms with Crippen molar-refractivity contribution in [1.82, 2.24) is 9.80 Å². The minimum atomic E-state index is -4.13. The molecule has 1 unspecified atom stereocenters. The Morgan fingerprint density at radius 1 is 1.35 bits per heavy atom.